The highest BCUT2D eigenvalue weighted by Gasteiger charge is 2.47. The predicted octanol–water partition coefficient (Wildman–Crippen LogP) is 5.65. The van der Waals surface area contributed by atoms with Crippen molar-refractivity contribution in [2.24, 2.45) is 5.92 Å². The zero-order chi connectivity index (χ0) is 31.1. The average molecular weight is 656 g/mol. The summed E-state index contributed by atoms with van der Waals surface area (Å²) in [7, 11) is -4.87. The first kappa shape index (κ1) is 30.9. The lowest BCUT2D eigenvalue weighted by Crippen LogP contribution is -2.42. The first-order valence-corrected chi connectivity index (χ1v) is 19.0. The van der Waals surface area contributed by atoms with Crippen LogP contribution in [0.5, 0.6) is 0 Å². The highest BCUT2D eigenvalue weighted by molar-refractivity contribution is 8.24. The third-order valence-corrected chi connectivity index (χ3v) is 13.7. The lowest BCUT2D eigenvalue weighted by molar-refractivity contribution is -0.127. The monoisotopic (exact) mass is 655 g/mol. The SMILES string of the molecule is CN(c1nc([C@@H]2CCCC[C@H]2C(=O)NC2(C#N)CC2)c(-c2ccc(N3CCS(O)(O)CC3)cc2)s1)S(=O)(=O)c1ccccc1. The number of hydrogen-bond acceptors (Lipinski definition) is 9. The summed E-state index contributed by atoms with van der Waals surface area (Å²) in [6.45, 7) is 1.12. The van der Waals surface area contributed by atoms with E-state index in [0.717, 1.165) is 35.4 Å². The van der Waals surface area contributed by atoms with Crippen molar-refractivity contribution < 1.29 is 22.3 Å². The molecule has 1 aromatic heterocycles. The van der Waals surface area contributed by atoms with Crippen molar-refractivity contribution >= 4 is 48.7 Å². The number of anilines is 2. The van der Waals surface area contributed by atoms with Gasteiger partial charge in [0.2, 0.25) is 5.91 Å². The number of sulfonamides is 1. The molecule has 0 radical (unpaired) electrons. The van der Waals surface area contributed by atoms with E-state index in [0.29, 0.717) is 54.7 Å². The molecule has 13 heteroatoms. The van der Waals surface area contributed by atoms with Crippen molar-refractivity contribution in [2.45, 2.75) is 54.9 Å². The number of hydrogen-bond donors (Lipinski definition) is 3. The second-order valence-electron chi connectivity index (χ2n) is 11.9. The van der Waals surface area contributed by atoms with E-state index >= 15 is 0 Å². The fraction of sp³-hybridized carbons (Fsp3) is 0.452. The Bertz CT molecular complexity index is 1660. The Hall–Kier alpha value is -3.15. The minimum atomic E-state index is -3.87. The van der Waals surface area contributed by atoms with Crippen LogP contribution in [0.3, 0.4) is 0 Å². The summed E-state index contributed by atoms with van der Waals surface area (Å²) in [4.78, 5) is 21.6. The van der Waals surface area contributed by atoms with E-state index in [2.05, 4.69) is 16.3 Å². The summed E-state index contributed by atoms with van der Waals surface area (Å²) in [5, 5.41) is 12.9. The van der Waals surface area contributed by atoms with Gasteiger partial charge in [-0.25, -0.2) is 17.7 Å². The van der Waals surface area contributed by atoms with Crippen molar-refractivity contribution in [1.82, 2.24) is 10.3 Å². The standard InChI is InChI=1S/C31H37N5O5S3/c1-35(44(40,41)24-7-3-2-4-8-24)30-33-27(25-9-5-6-10-26(25)29(37)34-31(21-32)15-16-31)28(42-30)22-11-13-23(14-12-22)36-17-19-43(38,39)20-18-36/h2-4,7-8,11-14,25-26,38-39H,5-6,9-10,15-20H2,1H3,(H,34,37)/t25-,26-/m1/s1. The van der Waals surface area contributed by atoms with Gasteiger partial charge < -0.3 is 10.2 Å². The lowest BCUT2D eigenvalue weighted by Gasteiger charge is -2.41. The van der Waals surface area contributed by atoms with Crippen molar-refractivity contribution in [3.63, 3.8) is 0 Å². The molecule has 3 N–H and O–H groups in total. The quantitative estimate of drug-likeness (QED) is 0.282. The Morgan fingerprint density at radius 2 is 1.75 bits per heavy atom. The average Bonchev–Trinajstić information content (AvgIpc) is 3.67. The number of amides is 1. The zero-order valence-corrected chi connectivity index (χ0v) is 27.0. The number of benzene rings is 2. The molecule has 2 saturated carbocycles. The molecule has 234 valence electrons. The Morgan fingerprint density at radius 3 is 2.39 bits per heavy atom. The van der Waals surface area contributed by atoms with Crippen molar-refractivity contribution in [3.8, 4) is 16.5 Å². The van der Waals surface area contributed by atoms with E-state index in [1.54, 1.807) is 30.3 Å². The van der Waals surface area contributed by atoms with E-state index in [1.165, 1.54) is 22.7 Å². The third-order valence-electron chi connectivity index (χ3n) is 8.96. The van der Waals surface area contributed by atoms with E-state index in [-0.39, 0.29) is 22.6 Å². The number of aromatic nitrogens is 1. The topological polar surface area (TPSA) is 147 Å². The normalized spacial score (nSPS) is 23.3. The lowest BCUT2D eigenvalue weighted by atomic mass is 9.76. The maximum Gasteiger partial charge on any atom is 0.265 e. The van der Waals surface area contributed by atoms with Crippen LogP contribution in [-0.2, 0) is 14.8 Å². The molecule has 6 rings (SSSR count). The molecule has 2 atom stereocenters. The van der Waals surface area contributed by atoms with E-state index in [9.17, 15) is 27.6 Å². The van der Waals surface area contributed by atoms with E-state index < -0.39 is 26.2 Å². The summed E-state index contributed by atoms with van der Waals surface area (Å²) in [6.07, 6.45) is 4.55. The number of carbonyl (C=O) groups excluding carboxylic acids is 1. The van der Waals surface area contributed by atoms with Crippen LogP contribution in [0.1, 0.15) is 50.1 Å². The molecule has 10 nitrogen and oxygen atoms in total. The predicted molar refractivity (Wildman–Crippen MR) is 175 cm³/mol. The van der Waals surface area contributed by atoms with Crippen LogP contribution in [0.25, 0.3) is 10.4 Å². The van der Waals surface area contributed by atoms with Crippen molar-refractivity contribution in [1.29, 1.82) is 5.26 Å². The summed E-state index contributed by atoms with van der Waals surface area (Å²) < 4.78 is 48.4. The third kappa shape index (κ3) is 6.19. The molecule has 44 heavy (non-hydrogen) atoms. The Kier molecular flexibility index (Phi) is 8.40. The zero-order valence-electron chi connectivity index (χ0n) is 24.6. The molecule has 1 amide bonds. The highest BCUT2D eigenvalue weighted by atomic mass is 32.3. The molecule has 2 aliphatic carbocycles. The minimum absolute atomic E-state index is 0.133. The number of carbonyl (C=O) groups is 1. The van der Waals surface area contributed by atoms with Crippen LogP contribution in [-0.4, -0.2) is 65.6 Å². The second-order valence-corrected chi connectivity index (χ2v) is 17.3. The Morgan fingerprint density at radius 1 is 1.09 bits per heavy atom. The molecule has 2 aromatic carbocycles. The molecule has 3 aromatic rings. The van der Waals surface area contributed by atoms with Crippen LogP contribution < -0.4 is 14.5 Å². The summed E-state index contributed by atoms with van der Waals surface area (Å²) in [6, 6.07) is 18.5. The Balaban J connectivity index is 1.36. The van der Waals surface area contributed by atoms with Gasteiger partial charge in [0, 0.05) is 37.7 Å². The molecule has 0 bridgehead atoms. The largest absolute Gasteiger partial charge is 0.368 e. The second kappa shape index (κ2) is 12.0. The van der Waals surface area contributed by atoms with Gasteiger partial charge in [-0.2, -0.15) is 15.9 Å². The van der Waals surface area contributed by atoms with Crippen LogP contribution in [0.2, 0.25) is 0 Å². The molecule has 3 aliphatic rings. The fourth-order valence-corrected chi connectivity index (χ4v) is 9.78. The number of nitriles is 1. The Labute approximate surface area is 264 Å². The molecule has 0 unspecified atom stereocenters. The number of nitrogens with zero attached hydrogens (tertiary/aromatic N) is 4. The van der Waals surface area contributed by atoms with Gasteiger partial charge in [0.15, 0.2) is 5.13 Å². The highest BCUT2D eigenvalue weighted by Crippen LogP contribution is 2.47. The van der Waals surface area contributed by atoms with Gasteiger partial charge in [0.05, 0.1) is 33.0 Å². The minimum Gasteiger partial charge on any atom is -0.368 e. The van der Waals surface area contributed by atoms with Gasteiger partial charge in [0.25, 0.3) is 10.0 Å². The van der Waals surface area contributed by atoms with Crippen LogP contribution in [0.15, 0.2) is 59.5 Å². The van der Waals surface area contributed by atoms with Crippen molar-refractivity contribution in [2.75, 3.05) is 40.8 Å². The number of thiazole rings is 1. The van der Waals surface area contributed by atoms with Crippen LogP contribution in [0, 0.1) is 17.2 Å². The van der Waals surface area contributed by atoms with Gasteiger partial charge in [-0.05, 0) is 55.5 Å². The number of rotatable bonds is 8. The van der Waals surface area contributed by atoms with Crippen LogP contribution >= 0.6 is 21.9 Å². The first-order valence-electron chi connectivity index (χ1n) is 14.9. The van der Waals surface area contributed by atoms with Gasteiger partial charge >= 0.3 is 0 Å². The van der Waals surface area contributed by atoms with Gasteiger partial charge in [-0.1, -0.05) is 54.5 Å². The van der Waals surface area contributed by atoms with Crippen molar-refractivity contribution in [3.05, 3.63) is 60.3 Å². The van der Waals surface area contributed by atoms with Gasteiger partial charge in [0.1, 0.15) is 5.54 Å². The van der Waals surface area contributed by atoms with E-state index in [4.69, 9.17) is 4.98 Å². The maximum atomic E-state index is 13.6. The molecule has 3 fully saturated rings. The molecule has 1 saturated heterocycles. The molecular weight excluding hydrogens is 619 g/mol. The first-order chi connectivity index (χ1) is 21.0. The summed E-state index contributed by atoms with van der Waals surface area (Å²) in [5.41, 5.74) is 1.79. The van der Waals surface area contributed by atoms with Gasteiger partial charge in [-0.15, -0.1) is 0 Å². The summed E-state index contributed by atoms with van der Waals surface area (Å²) in [5.74, 6) is -0.0367. The van der Waals surface area contributed by atoms with Gasteiger partial charge in [-0.3, -0.25) is 13.9 Å². The maximum absolute atomic E-state index is 13.6. The summed E-state index contributed by atoms with van der Waals surface area (Å²) >= 11 is 1.30. The molecular formula is C31H37N5O5S3. The molecule has 0 spiro atoms. The number of nitrogens with one attached hydrogen (secondary N) is 1. The fourth-order valence-electron chi connectivity index (χ4n) is 6.07. The van der Waals surface area contributed by atoms with Crippen LogP contribution in [0.4, 0.5) is 10.8 Å². The molecule has 2 heterocycles. The smallest absolute Gasteiger partial charge is 0.265 e. The van der Waals surface area contributed by atoms with E-state index in [1.807, 2.05) is 24.3 Å². The molecule has 1 aliphatic heterocycles.